The van der Waals surface area contributed by atoms with Crippen molar-refractivity contribution in [2.45, 2.75) is 50.7 Å². The highest BCUT2D eigenvalue weighted by Gasteiger charge is 2.33. The van der Waals surface area contributed by atoms with Crippen LogP contribution in [0, 0.1) is 0 Å². The molecular weight excluding hydrogens is 234 g/mol. The van der Waals surface area contributed by atoms with E-state index in [4.69, 9.17) is 22.1 Å². The fraction of sp³-hybridized carbons (Fsp3) is 0.571. The Labute approximate surface area is 107 Å². The predicted octanol–water partition coefficient (Wildman–Crippen LogP) is 3.39. The van der Waals surface area contributed by atoms with Gasteiger partial charge in [0.25, 0.3) is 0 Å². The zero-order valence-corrected chi connectivity index (χ0v) is 10.9. The smallest absolute Gasteiger partial charge is 0.141 e. The fourth-order valence-corrected chi connectivity index (χ4v) is 3.35. The Bertz CT molecular complexity index is 452. The van der Waals surface area contributed by atoms with E-state index in [0.717, 1.165) is 30.0 Å². The van der Waals surface area contributed by atoms with Crippen molar-refractivity contribution in [3.05, 3.63) is 28.3 Å². The average Bonchev–Trinajstić information content (AvgIpc) is 2.85. The lowest BCUT2D eigenvalue weighted by Crippen LogP contribution is -2.33. The zero-order valence-electron chi connectivity index (χ0n) is 10.1. The molecule has 1 aliphatic carbocycles. The molecule has 2 N–H and O–H groups in total. The molecule has 1 fully saturated rings. The van der Waals surface area contributed by atoms with Gasteiger partial charge >= 0.3 is 0 Å². The molecule has 0 radical (unpaired) electrons. The maximum absolute atomic E-state index is 6.48. The Morgan fingerprint density at radius 2 is 2.06 bits per heavy atom. The number of halogens is 1. The van der Waals surface area contributed by atoms with Crippen LogP contribution >= 0.6 is 11.6 Å². The van der Waals surface area contributed by atoms with Crippen LogP contribution < -0.4 is 10.5 Å². The highest BCUT2D eigenvalue weighted by molar-refractivity contribution is 6.32. The van der Waals surface area contributed by atoms with Crippen LogP contribution in [0.5, 0.6) is 5.75 Å². The van der Waals surface area contributed by atoms with Crippen LogP contribution in [-0.2, 0) is 12.0 Å². The molecule has 1 saturated carbocycles. The normalized spacial score (nSPS) is 25.7. The van der Waals surface area contributed by atoms with Gasteiger partial charge < -0.3 is 10.5 Å². The van der Waals surface area contributed by atoms with Crippen LogP contribution in [0.2, 0.25) is 5.02 Å². The van der Waals surface area contributed by atoms with Gasteiger partial charge in [0.1, 0.15) is 11.9 Å². The van der Waals surface area contributed by atoms with E-state index < -0.39 is 0 Å². The van der Waals surface area contributed by atoms with E-state index in [1.807, 2.05) is 6.07 Å². The second-order valence-corrected chi connectivity index (χ2v) is 5.85. The van der Waals surface area contributed by atoms with Gasteiger partial charge in [0.15, 0.2) is 0 Å². The van der Waals surface area contributed by atoms with Gasteiger partial charge in [-0.15, -0.1) is 0 Å². The predicted molar refractivity (Wildman–Crippen MR) is 69.6 cm³/mol. The molecule has 1 aliphatic heterocycles. The topological polar surface area (TPSA) is 35.2 Å². The summed E-state index contributed by atoms with van der Waals surface area (Å²) in [5.41, 5.74) is 8.73. The molecule has 0 aromatic heterocycles. The number of ether oxygens (including phenoxy) is 1. The third kappa shape index (κ3) is 1.84. The summed E-state index contributed by atoms with van der Waals surface area (Å²) in [7, 11) is 0. The molecule has 2 aliphatic rings. The third-order valence-corrected chi connectivity index (χ3v) is 4.30. The summed E-state index contributed by atoms with van der Waals surface area (Å²) in [6, 6.07) is 4.21. The lowest BCUT2D eigenvalue weighted by molar-refractivity contribution is 0.255. The Morgan fingerprint density at radius 1 is 1.35 bits per heavy atom. The number of nitrogens with two attached hydrogens (primary N) is 1. The Kier molecular flexibility index (Phi) is 2.60. The summed E-state index contributed by atoms with van der Waals surface area (Å²) < 4.78 is 5.72. The summed E-state index contributed by atoms with van der Waals surface area (Å²) in [5.74, 6) is 0.865. The van der Waals surface area contributed by atoms with E-state index in [0.29, 0.717) is 0 Å². The van der Waals surface area contributed by atoms with E-state index in [2.05, 4.69) is 13.0 Å². The largest absolute Gasteiger partial charge is 0.489 e. The molecule has 0 spiro atoms. The van der Waals surface area contributed by atoms with Gasteiger partial charge in [-0.05, 0) is 37.0 Å². The van der Waals surface area contributed by atoms with E-state index in [9.17, 15) is 0 Å². The van der Waals surface area contributed by atoms with Crippen LogP contribution in [0.4, 0.5) is 0 Å². The standard InChI is InChI=1S/C14H18ClNO/c1-9-6-10-7-11(8-12(15)13(10)17-9)14(16)4-2-3-5-14/h7-9H,2-6,16H2,1H3. The highest BCUT2D eigenvalue weighted by Crippen LogP contribution is 2.43. The van der Waals surface area contributed by atoms with Crippen molar-refractivity contribution in [1.29, 1.82) is 0 Å². The van der Waals surface area contributed by atoms with E-state index in [-0.39, 0.29) is 11.6 Å². The van der Waals surface area contributed by atoms with Gasteiger partial charge in [-0.1, -0.05) is 30.5 Å². The van der Waals surface area contributed by atoms with E-state index in [1.165, 1.54) is 24.0 Å². The molecular formula is C14H18ClNO. The first-order valence-corrected chi connectivity index (χ1v) is 6.75. The van der Waals surface area contributed by atoms with Crippen molar-refractivity contribution in [3.8, 4) is 5.75 Å². The summed E-state index contributed by atoms with van der Waals surface area (Å²) in [6.07, 6.45) is 5.75. The summed E-state index contributed by atoms with van der Waals surface area (Å²) in [5, 5.41) is 0.721. The van der Waals surface area contributed by atoms with Crippen LogP contribution in [-0.4, -0.2) is 6.10 Å². The molecule has 1 heterocycles. The summed E-state index contributed by atoms with van der Waals surface area (Å²) in [4.78, 5) is 0. The number of fused-ring (bicyclic) bond motifs is 1. The van der Waals surface area contributed by atoms with Crippen molar-refractivity contribution in [2.75, 3.05) is 0 Å². The van der Waals surface area contributed by atoms with Crippen molar-refractivity contribution < 1.29 is 4.74 Å². The van der Waals surface area contributed by atoms with Gasteiger partial charge in [0.05, 0.1) is 5.02 Å². The number of rotatable bonds is 1. The molecule has 1 aromatic rings. The van der Waals surface area contributed by atoms with Gasteiger partial charge in [-0.3, -0.25) is 0 Å². The minimum Gasteiger partial charge on any atom is -0.489 e. The van der Waals surface area contributed by atoms with Crippen LogP contribution in [0.15, 0.2) is 12.1 Å². The molecule has 3 rings (SSSR count). The molecule has 0 bridgehead atoms. The molecule has 1 unspecified atom stereocenters. The molecule has 1 atom stereocenters. The van der Waals surface area contributed by atoms with E-state index >= 15 is 0 Å². The number of hydrogen-bond donors (Lipinski definition) is 1. The highest BCUT2D eigenvalue weighted by atomic mass is 35.5. The number of benzene rings is 1. The summed E-state index contributed by atoms with van der Waals surface area (Å²) in [6.45, 7) is 2.07. The second kappa shape index (κ2) is 3.89. The maximum atomic E-state index is 6.48. The van der Waals surface area contributed by atoms with Gasteiger partial charge in [-0.25, -0.2) is 0 Å². The second-order valence-electron chi connectivity index (χ2n) is 5.44. The molecule has 0 amide bonds. The lowest BCUT2D eigenvalue weighted by Gasteiger charge is -2.25. The van der Waals surface area contributed by atoms with Crippen molar-refractivity contribution in [2.24, 2.45) is 5.73 Å². The first-order chi connectivity index (χ1) is 8.08. The molecule has 2 nitrogen and oxygen atoms in total. The third-order valence-electron chi connectivity index (χ3n) is 4.02. The van der Waals surface area contributed by atoms with Gasteiger partial charge in [-0.2, -0.15) is 0 Å². The molecule has 17 heavy (non-hydrogen) atoms. The minimum atomic E-state index is -0.162. The zero-order chi connectivity index (χ0) is 12.0. The molecule has 1 aromatic carbocycles. The number of hydrogen-bond acceptors (Lipinski definition) is 2. The van der Waals surface area contributed by atoms with Crippen molar-refractivity contribution >= 4 is 11.6 Å². The van der Waals surface area contributed by atoms with Crippen LogP contribution in [0.25, 0.3) is 0 Å². The maximum Gasteiger partial charge on any atom is 0.141 e. The van der Waals surface area contributed by atoms with Crippen molar-refractivity contribution in [1.82, 2.24) is 0 Å². The first kappa shape index (κ1) is 11.4. The lowest BCUT2D eigenvalue weighted by atomic mass is 9.88. The molecule has 3 heteroatoms. The van der Waals surface area contributed by atoms with Crippen LogP contribution in [0.3, 0.4) is 0 Å². The Morgan fingerprint density at radius 3 is 2.76 bits per heavy atom. The first-order valence-electron chi connectivity index (χ1n) is 6.37. The quantitative estimate of drug-likeness (QED) is 0.830. The van der Waals surface area contributed by atoms with Crippen molar-refractivity contribution in [3.63, 3.8) is 0 Å². The Hall–Kier alpha value is -0.730. The Balaban J connectivity index is 2.03. The fourth-order valence-electron chi connectivity index (χ4n) is 3.07. The monoisotopic (exact) mass is 251 g/mol. The van der Waals surface area contributed by atoms with E-state index in [1.54, 1.807) is 0 Å². The molecule has 0 saturated heterocycles. The van der Waals surface area contributed by atoms with Crippen LogP contribution in [0.1, 0.15) is 43.7 Å². The minimum absolute atomic E-state index is 0.162. The summed E-state index contributed by atoms with van der Waals surface area (Å²) >= 11 is 6.30. The average molecular weight is 252 g/mol. The van der Waals surface area contributed by atoms with Gasteiger partial charge in [0.2, 0.25) is 0 Å². The SMILES string of the molecule is CC1Cc2cc(C3(N)CCCC3)cc(Cl)c2O1. The van der Waals surface area contributed by atoms with Gasteiger partial charge in [0, 0.05) is 12.0 Å². The molecule has 92 valence electrons.